The fourth-order valence-electron chi connectivity index (χ4n) is 3.12. The highest BCUT2D eigenvalue weighted by Crippen LogP contribution is 2.42. The molecule has 4 heteroatoms. The number of rotatable bonds is 4. The maximum Gasteiger partial charge on any atom is 0.337 e. The molecule has 4 rings (SSSR count). The molecule has 1 N–H and O–H groups in total. The molecule has 1 aromatic carbocycles. The number of carboxylic acid groups (broad SMARTS) is 1. The standard InChI is InChI=1S/C16H18N2O2/c19-16(20)12-5-2-6-13-14(12)17-15(11-7-8-11)18(13)9-10-3-1-4-10/h2,5-6,10-11H,1,3-4,7-9H2,(H,19,20). The van der Waals surface area contributed by atoms with Crippen LogP contribution in [0.1, 0.15) is 54.2 Å². The number of aromatic nitrogens is 2. The highest BCUT2D eigenvalue weighted by atomic mass is 16.4. The Morgan fingerprint density at radius 2 is 2.10 bits per heavy atom. The molecule has 0 radical (unpaired) electrons. The van der Waals surface area contributed by atoms with Gasteiger partial charge < -0.3 is 9.67 Å². The number of benzene rings is 1. The van der Waals surface area contributed by atoms with Gasteiger partial charge in [0.2, 0.25) is 0 Å². The van der Waals surface area contributed by atoms with Crippen LogP contribution in [-0.2, 0) is 6.54 Å². The Hall–Kier alpha value is -1.84. The van der Waals surface area contributed by atoms with E-state index in [1.54, 1.807) is 6.07 Å². The van der Waals surface area contributed by atoms with E-state index in [2.05, 4.69) is 9.55 Å². The third-order valence-corrected chi connectivity index (χ3v) is 4.65. The average molecular weight is 270 g/mol. The minimum atomic E-state index is -0.883. The second-order valence-corrected chi connectivity index (χ2v) is 6.13. The predicted octanol–water partition coefficient (Wildman–Crippen LogP) is 3.41. The number of hydrogen-bond acceptors (Lipinski definition) is 2. The molecule has 0 aliphatic heterocycles. The highest BCUT2D eigenvalue weighted by Gasteiger charge is 2.31. The molecule has 4 nitrogen and oxygen atoms in total. The number of carbonyl (C=O) groups is 1. The molecule has 1 heterocycles. The molecular weight excluding hydrogens is 252 g/mol. The fourth-order valence-corrected chi connectivity index (χ4v) is 3.12. The Morgan fingerprint density at radius 1 is 1.30 bits per heavy atom. The van der Waals surface area contributed by atoms with E-state index >= 15 is 0 Å². The minimum Gasteiger partial charge on any atom is -0.478 e. The average Bonchev–Trinajstić information content (AvgIpc) is 3.15. The van der Waals surface area contributed by atoms with Gasteiger partial charge in [-0.2, -0.15) is 0 Å². The molecule has 0 amide bonds. The van der Waals surface area contributed by atoms with E-state index in [0.717, 1.165) is 23.8 Å². The fraction of sp³-hybridized carbons (Fsp3) is 0.500. The number of hydrogen-bond donors (Lipinski definition) is 1. The maximum absolute atomic E-state index is 11.4. The molecular formula is C16H18N2O2. The third kappa shape index (κ3) is 1.82. The summed E-state index contributed by atoms with van der Waals surface area (Å²) in [6.07, 6.45) is 6.30. The lowest BCUT2D eigenvalue weighted by Gasteiger charge is -2.26. The molecule has 2 aliphatic carbocycles. The van der Waals surface area contributed by atoms with E-state index in [1.165, 1.54) is 32.1 Å². The first-order valence-electron chi connectivity index (χ1n) is 7.46. The number of imidazole rings is 1. The highest BCUT2D eigenvalue weighted by molar-refractivity contribution is 6.01. The van der Waals surface area contributed by atoms with Crippen molar-refractivity contribution in [1.29, 1.82) is 0 Å². The van der Waals surface area contributed by atoms with Crippen molar-refractivity contribution in [2.75, 3.05) is 0 Å². The minimum absolute atomic E-state index is 0.330. The number of fused-ring (bicyclic) bond motifs is 1. The first kappa shape index (κ1) is 11.9. The largest absolute Gasteiger partial charge is 0.478 e. The zero-order chi connectivity index (χ0) is 13.7. The molecule has 104 valence electrons. The van der Waals surface area contributed by atoms with Crippen LogP contribution in [0.2, 0.25) is 0 Å². The van der Waals surface area contributed by atoms with Crippen molar-refractivity contribution in [3.05, 3.63) is 29.6 Å². The summed E-state index contributed by atoms with van der Waals surface area (Å²) in [5.41, 5.74) is 2.00. The first-order valence-corrected chi connectivity index (χ1v) is 7.46. The van der Waals surface area contributed by atoms with Crippen LogP contribution in [0, 0.1) is 5.92 Å². The van der Waals surface area contributed by atoms with Gasteiger partial charge in [0.15, 0.2) is 0 Å². The zero-order valence-electron chi connectivity index (χ0n) is 11.4. The van der Waals surface area contributed by atoms with Crippen molar-refractivity contribution in [1.82, 2.24) is 9.55 Å². The molecule has 0 spiro atoms. The van der Waals surface area contributed by atoms with Gasteiger partial charge >= 0.3 is 5.97 Å². The number of carboxylic acids is 1. The summed E-state index contributed by atoms with van der Waals surface area (Å²) in [7, 11) is 0. The molecule has 0 bridgehead atoms. The molecule has 2 fully saturated rings. The van der Waals surface area contributed by atoms with E-state index in [4.69, 9.17) is 0 Å². The summed E-state index contributed by atoms with van der Waals surface area (Å²) in [5, 5.41) is 9.33. The van der Waals surface area contributed by atoms with Gasteiger partial charge in [-0.15, -0.1) is 0 Å². The smallest absolute Gasteiger partial charge is 0.337 e. The van der Waals surface area contributed by atoms with Crippen LogP contribution in [0.15, 0.2) is 18.2 Å². The molecule has 0 unspecified atom stereocenters. The van der Waals surface area contributed by atoms with Crippen LogP contribution in [0.25, 0.3) is 11.0 Å². The van der Waals surface area contributed by atoms with Gasteiger partial charge in [0.1, 0.15) is 11.3 Å². The van der Waals surface area contributed by atoms with E-state index in [9.17, 15) is 9.90 Å². The van der Waals surface area contributed by atoms with Gasteiger partial charge in [-0.25, -0.2) is 9.78 Å². The van der Waals surface area contributed by atoms with E-state index in [0.29, 0.717) is 17.0 Å². The number of nitrogens with zero attached hydrogens (tertiary/aromatic N) is 2. The van der Waals surface area contributed by atoms with Gasteiger partial charge in [0.05, 0.1) is 11.1 Å². The van der Waals surface area contributed by atoms with Crippen molar-refractivity contribution in [3.63, 3.8) is 0 Å². The van der Waals surface area contributed by atoms with E-state index < -0.39 is 5.97 Å². The quantitative estimate of drug-likeness (QED) is 0.926. The summed E-state index contributed by atoms with van der Waals surface area (Å²) in [4.78, 5) is 16.1. The van der Waals surface area contributed by atoms with Gasteiger partial charge in [-0.05, 0) is 43.7 Å². The Kier molecular flexibility index (Phi) is 2.59. The summed E-state index contributed by atoms with van der Waals surface area (Å²) >= 11 is 0. The molecule has 1 aromatic heterocycles. The molecule has 2 saturated carbocycles. The first-order chi connectivity index (χ1) is 9.74. The monoisotopic (exact) mass is 270 g/mol. The number of para-hydroxylation sites is 1. The SMILES string of the molecule is O=C(O)c1cccc2c1nc(C1CC1)n2CC1CCC1. The van der Waals surface area contributed by atoms with Gasteiger partial charge in [0.25, 0.3) is 0 Å². The van der Waals surface area contributed by atoms with Crippen molar-refractivity contribution >= 4 is 17.0 Å². The van der Waals surface area contributed by atoms with Gasteiger partial charge in [0, 0.05) is 12.5 Å². The van der Waals surface area contributed by atoms with Crippen LogP contribution in [0.5, 0.6) is 0 Å². The van der Waals surface area contributed by atoms with Gasteiger partial charge in [-0.3, -0.25) is 0 Å². The second-order valence-electron chi connectivity index (χ2n) is 6.13. The van der Waals surface area contributed by atoms with Crippen molar-refractivity contribution in [3.8, 4) is 0 Å². The lowest BCUT2D eigenvalue weighted by atomic mass is 9.85. The second kappa shape index (κ2) is 4.33. The van der Waals surface area contributed by atoms with E-state index in [-0.39, 0.29) is 0 Å². The zero-order valence-corrected chi connectivity index (χ0v) is 11.4. The number of aromatic carboxylic acids is 1. The summed E-state index contributed by atoms with van der Waals surface area (Å²) in [6.45, 7) is 1.01. The Balaban J connectivity index is 1.87. The summed E-state index contributed by atoms with van der Waals surface area (Å²) in [5.74, 6) is 1.52. The van der Waals surface area contributed by atoms with Crippen LogP contribution in [-0.4, -0.2) is 20.6 Å². The Labute approximate surface area is 117 Å². The van der Waals surface area contributed by atoms with Crippen molar-refractivity contribution in [2.45, 2.75) is 44.6 Å². The normalized spacial score (nSPS) is 19.2. The van der Waals surface area contributed by atoms with Crippen molar-refractivity contribution < 1.29 is 9.90 Å². The Morgan fingerprint density at radius 3 is 2.70 bits per heavy atom. The molecule has 0 atom stereocenters. The van der Waals surface area contributed by atoms with Crippen LogP contribution < -0.4 is 0 Å². The van der Waals surface area contributed by atoms with Crippen molar-refractivity contribution in [2.24, 2.45) is 5.92 Å². The molecule has 2 aromatic rings. The van der Waals surface area contributed by atoms with Crippen LogP contribution in [0.4, 0.5) is 0 Å². The lowest BCUT2D eigenvalue weighted by Crippen LogP contribution is -2.19. The molecule has 20 heavy (non-hydrogen) atoms. The lowest BCUT2D eigenvalue weighted by molar-refractivity contribution is 0.0699. The van der Waals surface area contributed by atoms with Gasteiger partial charge in [-0.1, -0.05) is 12.5 Å². The third-order valence-electron chi connectivity index (χ3n) is 4.65. The Bertz CT molecular complexity index is 681. The predicted molar refractivity (Wildman–Crippen MR) is 76.0 cm³/mol. The van der Waals surface area contributed by atoms with Crippen LogP contribution >= 0.6 is 0 Å². The molecule has 0 saturated heterocycles. The topological polar surface area (TPSA) is 55.1 Å². The van der Waals surface area contributed by atoms with Crippen LogP contribution in [0.3, 0.4) is 0 Å². The summed E-state index contributed by atoms with van der Waals surface area (Å²) < 4.78 is 2.29. The summed E-state index contributed by atoms with van der Waals surface area (Å²) in [6, 6.07) is 5.50. The molecule has 2 aliphatic rings. The maximum atomic E-state index is 11.4. The van der Waals surface area contributed by atoms with E-state index in [1.807, 2.05) is 12.1 Å².